The first-order valence-electron chi connectivity index (χ1n) is 7.75. The number of rotatable bonds is 3. The van der Waals surface area contributed by atoms with Gasteiger partial charge in [0.15, 0.2) is 5.79 Å². The maximum Gasteiger partial charge on any atom is 0.170 e. The van der Waals surface area contributed by atoms with Gasteiger partial charge in [-0.1, -0.05) is 41.5 Å². The van der Waals surface area contributed by atoms with Crippen LogP contribution in [0.15, 0.2) is 0 Å². The number of thioether (sulfide) groups is 1. The molecule has 2 aliphatic heterocycles. The van der Waals surface area contributed by atoms with Crippen molar-refractivity contribution < 1.29 is 9.47 Å². The molecule has 19 heavy (non-hydrogen) atoms. The van der Waals surface area contributed by atoms with Crippen molar-refractivity contribution in [3.05, 3.63) is 0 Å². The fraction of sp³-hybridized carbons (Fsp3) is 1.00. The van der Waals surface area contributed by atoms with Crippen molar-refractivity contribution in [1.82, 2.24) is 0 Å². The van der Waals surface area contributed by atoms with Crippen LogP contribution in [0.2, 0.25) is 0 Å². The summed E-state index contributed by atoms with van der Waals surface area (Å²) < 4.78 is 12.4. The second-order valence-electron chi connectivity index (χ2n) is 7.39. The average molecular weight is 286 g/mol. The Kier molecular flexibility index (Phi) is 4.59. The molecule has 2 aliphatic rings. The summed E-state index contributed by atoms with van der Waals surface area (Å²) in [5.74, 6) is 0.0951. The molecule has 4 unspecified atom stereocenters. The van der Waals surface area contributed by atoms with Gasteiger partial charge in [0.1, 0.15) is 0 Å². The molecular formula is C16H30O2S. The van der Waals surface area contributed by atoms with Crippen LogP contribution in [0.25, 0.3) is 0 Å². The summed E-state index contributed by atoms with van der Waals surface area (Å²) in [5, 5.41) is 1.38. The standard InChI is InChI=1S/C16H30O2S/c1-7-16(11(2)3)17-10-12(18-16)13-8-9-14(19-13)15(4,5)6/h11-14H,7-10H2,1-6H3. The van der Waals surface area contributed by atoms with Crippen LogP contribution in [0.5, 0.6) is 0 Å². The summed E-state index contributed by atoms with van der Waals surface area (Å²) in [6, 6.07) is 0. The molecule has 0 aromatic carbocycles. The predicted molar refractivity (Wildman–Crippen MR) is 82.5 cm³/mol. The lowest BCUT2D eigenvalue weighted by atomic mass is 9.89. The summed E-state index contributed by atoms with van der Waals surface area (Å²) in [6.45, 7) is 14.4. The van der Waals surface area contributed by atoms with Gasteiger partial charge in [-0.25, -0.2) is 0 Å². The fourth-order valence-electron chi connectivity index (χ4n) is 3.20. The third-order valence-corrected chi connectivity index (χ3v) is 6.81. The van der Waals surface area contributed by atoms with E-state index >= 15 is 0 Å². The quantitative estimate of drug-likeness (QED) is 0.762. The number of hydrogen-bond donors (Lipinski definition) is 0. The summed E-state index contributed by atoms with van der Waals surface area (Å²) in [5.41, 5.74) is 0.402. The van der Waals surface area contributed by atoms with E-state index in [-0.39, 0.29) is 5.79 Å². The molecule has 4 atom stereocenters. The topological polar surface area (TPSA) is 18.5 Å². The maximum absolute atomic E-state index is 6.36. The van der Waals surface area contributed by atoms with Crippen LogP contribution in [0.4, 0.5) is 0 Å². The summed E-state index contributed by atoms with van der Waals surface area (Å²) in [7, 11) is 0. The zero-order valence-corrected chi connectivity index (χ0v) is 14.2. The largest absolute Gasteiger partial charge is 0.347 e. The van der Waals surface area contributed by atoms with E-state index in [9.17, 15) is 0 Å². The van der Waals surface area contributed by atoms with Crippen LogP contribution in [-0.2, 0) is 9.47 Å². The van der Waals surface area contributed by atoms with Crippen LogP contribution in [-0.4, -0.2) is 29.0 Å². The summed E-state index contributed by atoms with van der Waals surface area (Å²) >= 11 is 2.13. The molecular weight excluding hydrogens is 256 g/mol. The van der Waals surface area contributed by atoms with E-state index in [1.807, 2.05) is 0 Å². The molecule has 0 bridgehead atoms. The van der Waals surface area contributed by atoms with Crippen molar-refractivity contribution in [3.8, 4) is 0 Å². The van der Waals surface area contributed by atoms with Gasteiger partial charge in [0, 0.05) is 16.4 Å². The maximum atomic E-state index is 6.36. The fourth-order valence-corrected chi connectivity index (χ4v) is 4.88. The van der Waals surface area contributed by atoms with Gasteiger partial charge in [0.25, 0.3) is 0 Å². The normalized spacial score (nSPS) is 40.3. The molecule has 0 aromatic heterocycles. The molecule has 2 saturated heterocycles. The number of hydrogen-bond acceptors (Lipinski definition) is 3. The van der Waals surface area contributed by atoms with Gasteiger partial charge in [0.05, 0.1) is 12.7 Å². The van der Waals surface area contributed by atoms with Crippen LogP contribution in [0.1, 0.15) is 60.8 Å². The second-order valence-corrected chi connectivity index (χ2v) is 8.84. The van der Waals surface area contributed by atoms with Crippen LogP contribution in [0, 0.1) is 11.3 Å². The van der Waals surface area contributed by atoms with Crippen LogP contribution >= 0.6 is 11.8 Å². The predicted octanol–water partition coefficient (Wildman–Crippen LogP) is 4.47. The lowest BCUT2D eigenvalue weighted by Gasteiger charge is -2.32. The van der Waals surface area contributed by atoms with E-state index < -0.39 is 0 Å². The van der Waals surface area contributed by atoms with Gasteiger partial charge in [-0.2, -0.15) is 11.8 Å². The van der Waals surface area contributed by atoms with Gasteiger partial charge in [-0.05, 0) is 24.7 Å². The Bertz CT molecular complexity index is 310. The molecule has 112 valence electrons. The Morgan fingerprint density at radius 1 is 1.26 bits per heavy atom. The van der Waals surface area contributed by atoms with E-state index in [1.54, 1.807) is 0 Å². The van der Waals surface area contributed by atoms with E-state index in [0.717, 1.165) is 18.3 Å². The molecule has 0 radical (unpaired) electrons. The van der Waals surface area contributed by atoms with E-state index in [1.165, 1.54) is 12.8 Å². The van der Waals surface area contributed by atoms with Crippen molar-refractivity contribution in [2.24, 2.45) is 11.3 Å². The van der Waals surface area contributed by atoms with E-state index in [4.69, 9.17) is 9.47 Å². The zero-order valence-electron chi connectivity index (χ0n) is 13.4. The third-order valence-electron chi connectivity index (χ3n) is 4.65. The number of ether oxygens (including phenoxy) is 2. The molecule has 2 nitrogen and oxygen atoms in total. The van der Waals surface area contributed by atoms with Crippen molar-refractivity contribution >= 4 is 11.8 Å². The highest BCUT2D eigenvalue weighted by Crippen LogP contribution is 2.47. The van der Waals surface area contributed by atoms with Crippen LogP contribution in [0.3, 0.4) is 0 Å². The molecule has 0 aromatic rings. The van der Waals surface area contributed by atoms with E-state index in [2.05, 4.69) is 53.3 Å². The van der Waals surface area contributed by atoms with Gasteiger partial charge >= 0.3 is 0 Å². The highest BCUT2D eigenvalue weighted by molar-refractivity contribution is 8.00. The first kappa shape index (κ1) is 15.7. The Hall–Kier alpha value is 0.270. The lowest BCUT2D eigenvalue weighted by molar-refractivity contribution is -0.199. The van der Waals surface area contributed by atoms with Crippen molar-refractivity contribution in [2.75, 3.05) is 6.61 Å². The molecule has 2 rings (SSSR count). The minimum Gasteiger partial charge on any atom is -0.347 e. The first-order valence-corrected chi connectivity index (χ1v) is 8.70. The van der Waals surface area contributed by atoms with Gasteiger partial charge in [-0.3, -0.25) is 0 Å². The highest BCUT2D eigenvalue weighted by atomic mass is 32.2. The van der Waals surface area contributed by atoms with Gasteiger partial charge < -0.3 is 9.47 Å². The molecule has 0 N–H and O–H groups in total. The molecule has 0 amide bonds. The Morgan fingerprint density at radius 3 is 2.37 bits per heavy atom. The van der Waals surface area contributed by atoms with Crippen molar-refractivity contribution in [2.45, 2.75) is 83.2 Å². The average Bonchev–Trinajstić information content (AvgIpc) is 2.95. The molecule has 2 heterocycles. The summed E-state index contributed by atoms with van der Waals surface area (Å²) in [4.78, 5) is 0. The highest BCUT2D eigenvalue weighted by Gasteiger charge is 2.47. The Balaban J connectivity index is 1.96. The Labute approximate surface area is 123 Å². The first-order chi connectivity index (χ1) is 8.78. The second kappa shape index (κ2) is 5.57. The third kappa shape index (κ3) is 3.14. The minimum atomic E-state index is -0.328. The van der Waals surface area contributed by atoms with Crippen molar-refractivity contribution in [3.63, 3.8) is 0 Å². The summed E-state index contributed by atoms with van der Waals surface area (Å²) in [6.07, 6.45) is 3.83. The van der Waals surface area contributed by atoms with E-state index in [0.29, 0.717) is 22.7 Å². The van der Waals surface area contributed by atoms with Crippen molar-refractivity contribution in [1.29, 1.82) is 0 Å². The molecule has 0 saturated carbocycles. The van der Waals surface area contributed by atoms with Gasteiger partial charge in [-0.15, -0.1) is 0 Å². The smallest absolute Gasteiger partial charge is 0.170 e. The SMILES string of the molecule is CCC1(C(C)C)OCC(C2CCC(C(C)(C)C)S2)O1. The molecule has 2 fully saturated rings. The Morgan fingerprint density at radius 2 is 1.95 bits per heavy atom. The molecule has 3 heteroatoms. The zero-order chi connectivity index (χ0) is 14.3. The van der Waals surface area contributed by atoms with Gasteiger partial charge in [0.2, 0.25) is 0 Å². The minimum absolute atomic E-state index is 0.291. The monoisotopic (exact) mass is 286 g/mol. The lowest BCUT2D eigenvalue weighted by Crippen LogP contribution is -2.37. The molecule has 0 aliphatic carbocycles. The molecule has 0 spiro atoms. The van der Waals surface area contributed by atoms with Crippen LogP contribution < -0.4 is 0 Å².